The van der Waals surface area contributed by atoms with E-state index in [1.54, 1.807) is 0 Å². The van der Waals surface area contributed by atoms with Crippen LogP contribution in [0, 0.1) is 5.92 Å². The molecule has 0 radical (unpaired) electrons. The van der Waals surface area contributed by atoms with Crippen LogP contribution in [0.25, 0.3) is 11.1 Å². The summed E-state index contributed by atoms with van der Waals surface area (Å²) < 4.78 is 5.62. The molecule has 3 aliphatic rings. The van der Waals surface area contributed by atoms with Gasteiger partial charge in [0.05, 0.1) is 0 Å². The van der Waals surface area contributed by atoms with Gasteiger partial charge in [-0.05, 0) is 54.4 Å². The molecule has 2 fully saturated rings. The van der Waals surface area contributed by atoms with Gasteiger partial charge in [0, 0.05) is 17.9 Å². The van der Waals surface area contributed by atoms with Gasteiger partial charge in [0.25, 0.3) is 0 Å². The fourth-order valence-corrected chi connectivity index (χ4v) is 5.87. The second kappa shape index (κ2) is 9.12. The number of alkyl carbamates (subject to hydrolysis) is 1. The normalized spacial score (nSPS) is 22.6. The van der Waals surface area contributed by atoms with Crippen LogP contribution in [0.4, 0.5) is 4.79 Å². The predicted molar refractivity (Wildman–Crippen MR) is 126 cm³/mol. The van der Waals surface area contributed by atoms with E-state index in [1.807, 2.05) is 24.3 Å². The molecular formula is C27H30N2O5. The Kier molecular flexibility index (Phi) is 6.02. The molecule has 2 aromatic rings. The molecule has 2 atom stereocenters. The Bertz CT molecular complexity index is 1060. The maximum Gasteiger partial charge on any atom is 0.407 e. The number of ether oxygens (including phenoxy) is 1. The van der Waals surface area contributed by atoms with Crippen molar-refractivity contribution in [3.8, 4) is 11.1 Å². The minimum atomic E-state index is -1.13. The van der Waals surface area contributed by atoms with Crippen LogP contribution in [-0.4, -0.2) is 41.3 Å². The van der Waals surface area contributed by atoms with Gasteiger partial charge in [-0.15, -0.1) is 0 Å². The number of amides is 2. The highest BCUT2D eigenvalue weighted by atomic mass is 16.5. The number of carbonyl (C=O) groups is 3. The van der Waals surface area contributed by atoms with Crippen molar-refractivity contribution >= 4 is 18.0 Å². The molecule has 34 heavy (non-hydrogen) atoms. The van der Waals surface area contributed by atoms with Crippen molar-refractivity contribution < 1.29 is 24.2 Å². The van der Waals surface area contributed by atoms with Crippen LogP contribution in [0.2, 0.25) is 0 Å². The quantitative estimate of drug-likeness (QED) is 0.597. The lowest BCUT2D eigenvalue weighted by Gasteiger charge is -2.27. The second-order valence-electron chi connectivity index (χ2n) is 9.76. The zero-order valence-corrected chi connectivity index (χ0v) is 19.1. The number of hydrogen-bond acceptors (Lipinski definition) is 4. The minimum Gasteiger partial charge on any atom is -0.480 e. The Labute approximate surface area is 198 Å². The zero-order valence-electron chi connectivity index (χ0n) is 19.1. The van der Waals surface area contributed by atoms with Gasteiger partial charge in [0.15, 0.2) is 0 Å². The van der Waals surface area contributed by atoms with Gasteiger partial charge in [-0.25, -0.2) is 9.59 Å². The Morgan fingerprint density at radius 1 is 0.941 bits per heavy atom. The minimum absolute atomic E-state index is 0.00104. The number of benzene rings is 2. The van der Waals surface area contributed by atoms with Gasteiger partial charge in [-0.2, -0.15) is 0 Å². The first-order valence-electron chi connectivity index (χ1n) is 12.1. The highest BCUT2D eigenvalue weighted by molar-refractivity contribution is 5.88. The number of carboxylic acids is 1. The van der Waals surface area contributed by atoms with Crippen molar-refractivity contribution in [1.82, 2.24) is 10.6 Å². The van der Waals surface area contributed by atoms with Gasteiger partial charge >= 0.3 is 12.1 Å². The third-order valence-electron chi connectivity index (χ3n) is 7.70. The predicted octanol–water partition coefficient (Wildman–Crippen LogP) is 4.21. The fourth-order valence-electron chi connectivity index (χ4n) is 5.87. The largest absolute Gasteiger partial charge is 0.480 e. The van der Waals surface area contributed by atoms with Gasteiger partial charge in [-0.3, -0.25) is 4.79 Å². The van der Waals surface area contributed by atoms with E-state index in [4.69, 9.17) is 4.74 Å². The first-order chi connectivity index (χ1) is 16.5. The summed E-state index contributed by atoms with van der Waals surface area (Å²) in [6.07, 6.45) is 3.87. The van der Waals surface area contributed by atoms with E-state index >= 15 is 0 Å². The summed E-state index contributed by atoms with van der Waals surface area (Å²) in [7, 11) is 0. The van der Waals surface area contributed by atoms with Crippen molar-refractivity contribution in [3.05, 3.63) is 59.7 Å². The average Bonchev–Trinajstić information content (AvgIpc) is 3.56. The summed E-state index contributed by atoms with van der Waals surface area (Å²) in [6.45, 7) is 0.248. The molecule has 7 nitrogen and oxygen atoms in total. The SMILES string of the molecule is O=C(NC1CCC(C(=O)NC2(C(=O)O)CCCC2)C1)OCC1c2ccccc2-c2ccccc21. The highest BCUT2D eigenvalue weighted by Gasteiger charge is 2.44. The third-order valence-corrected chi connectivity index (χ3v) is 7.70. The van der Waals surface area contributed by atoms with Crippen LogP contribution in [0.1, 0.15) is 62.0 Å². The maximum absolute atomic E-state index is 12.8. The summed E-state index contributed by atoms with van der Waals surface area (Å²) in [5, 5.41) is 15.3. The number of carboxylic acid groups (broad SMARTS) is 1. The summed E-state index contributed by atoms with van der Waals surface area (Å²) >= 11 is 0. The van der Waals surface area contributed by atoms with E-state index in [9.17, 15) is 19.5 Å². The first kappa shape index (κ1) is 22.4. The standard InChI is InChI=1S/C27H30N2O5/c30-24(29-27(25(31)32)13-5-6-14-27)17-11-12-18(15-17)28-26(33)34-16-23-21-9-3-1-7-19(21)20-8-2-4-10-22(20)23/h1-4,7-10,17-18,23H,5-6,11-16H2,(H,28,33)(H,29,30)(H,31,32). The average molecular weight is 463 g/mol. The fraction of sp³-hybridized carbons (Fsp3) is 0.444. The van der Waals surface area contributed by atoms with Crippen LogP contribution in [0.3, 0.4) is 0 Å². The lowest BCUT2D eigenvalue weighted by atomic mass is 9.96. The highest BCUT2D eigenvalue weighted by Crippen LogP contribution is 2.44. The Balaban J connectivity index is 1.15. The van der Waals surface area contributed by atoms with Gasteiger partial charge in [0.1, 0.15) is 12.1 Å². The maximum atomic E-state index is 12.8. The number of fused-ring (bicyclic) bond motifs is 3. The van der Waals surface area contributed by atoms with Gasteiger partial charge in [-0.1, -0.05) is 61.4 Å². The molecule has 2 amide bonds. The van der Waals surface area contributed by atoms with Crippen LogP contribution in [-0.2, 0) is 14.3 Å². The molecule has 0 aliphatic heterocycles. The van der Waals surface area contributed by atoms with E-state index in [2.05, 4.69) is 34.9 Å². The van der Waals surface area contributed by atoms with E-state index in [1.165, 1.54) is 11.1 Å². The molecule has 0 aromatic heterocycles. The van der Waals surface area contributed by atoms with Crippen LogP contribution in [0.15, 0.2) is 48.5 Å². The molecule has 0 spiro atoms. The number of aliphatic carboxylic acids is 1. The van der Waals surface area contributed by atoms with Crippen molar-refractivity contribution in [1.29, 1.82) is 0 Å². The molecule has 2 saturated carbocycles. The molecule has 0 saturated heterocycles. The van der Waals surface area contributed by atoms with Gasteiger partial charge in [0.2, 0.25) is 5.91 Å². The molecule has 178 valence electrons. The van der Waals surface area contributed by atoms with Crippen LogP contribution >= 0.6 is 0 Å². The summed E-state index contributed by atoms with van der Waals surface area (Å²) in [6, 6.07) is 16.2. The molecule has 5 rings (SSSR count). The molecule has 3 N–H and O–H groups in total. The molecule has 0 heterocycles. The van der Waals surface area contributed by atoms with E-state index < -0.39 is 17.6 Å². The molecular weight excluding hydrogens is 432 g/mol. The third kappa shape index (κ3) is 4.15. The molecule has 2 aromatic carbocycles. The van der Waals surface area contributed by atoms with Crippen molar-refractivity contribution in [2.24, 2.45) is 5.92 Å². The topological polar surface area (TPSA) is 105 Å². The monoisotopic (exact) mass is 462 g/mol. The Morgan fingerprint density at radius 3 is 2.18 bits per heavy atom. The molecule has 3 aliphatic carbocycles. The Morgan fingerprint density at radius 2 is 1.56 bits per heavy atom. The number of rotatable bonds is 6. The van der Waals surface area contributed by atoms with Crippen molar-refractivity contribution in [2.45, 2.75) is 62.4 Å². The lowest BCUT2D eigenvalue weighted by Crippen LogP contribution is -2.54. The summed E-state index contributed by atoms with van der Waals surface area (Å²) in [4.78, 5) is 37.1. The second-order valence-corrected chi connectivity index (χ2v) is 9.76. The van der Waals surface area contributed by atoms with E-state index in [-0.39, 0.29) is 30.4 Å². The summed E-state index contributed by atoms with van der Waals surface area (Å²) in [5.41, 5.74) is 3.55. The van der Waals surface area contributed by atoms with Crippen LogP contribution < -0.4 is 10.6 Å². The number of hydrogen-bond donors (Lipinski definition) is 3. The zero-order chi connectivity index (χ0) is 23.7. The van der Waals surface area contributed by atoms with Crippen molar-refractivity contribution in [2.75, 3.05) is 6.61 Å². The lowest BCUT2D eigenvalue weighted by molar-refractivity contribution is -0.148. The Hall–Kier alpha value is -3.35. The van der Waals surface area contributed by atoms with Crippen LogP contribution in [0.5, 0.6) is 0 Å². The molecule has 7 heteroatoms. The van der Waals surface area contributed by atoms with E-state index in [0.717, 1.165) is 24.0 Å². The van der Waals surface area contributed by atoms with Gasteiger partial charge < -0.3 is 20.5 Å². The number of carbonyl (C=O) groups excluding carboxylic acids is 2. The summed E-state index contributed by atoms with van der Waals surface area (Å²) in [5.74, 6) is -1.47. The first-order valence-corrected chi connectivity index (χ1v) is 12.1. The smallest absolute Gasteiger partial charge is 0.407 e. The van der Waals surface area contributed by atoms with E-state index in [0.29, 0.717) is 32.1 Å². The molecule has 0 bridgehead atoms. The molecule has 2 unspecified atom stereocenters. The van der Waals surface area contributed by atoms with Crippen molar-refractivity contribution in [3.63, 3.8) is 0 Å². The number of nitrogens with one attached hydrogen (secondary N) is 2.